The zero-order chi connectivity index (χ0) is 16.6. The van der Waals surface area contributed by atoms with Crippen LogP contribution in [-0.2, 0) is 23.9 Å². The lowest BCUT2D eigenvalue weighted by molar-refractivity contribution is -0.155. The molecule has 0 aliphatic rings. The molecule has 0 saturated heterocycles. The van der Waals surface area contributed by atoms with Crippen LogP contribution in [0.15, 0.2) is 0 Å². The molecule has 0 fully saturated rings. The molecule has 0 aromatic heterocycles. The summed E-state index contributed by atoms with van der Waals surface area (Å²) in [5.41, 5.74) is 3.15. The van der Waals surface area contributed by atoms with Crippen molar-refractivity contribution in [2.45, 2.75) is 46.3 Å². The fraction of sp³-hybridized carbons (Fsp3) is 0.667. The van der Waals surface area contributed by atoms with E-state index in [4.69, 9.17) is 4.74 Å². The molecule has 0 aromatic rings. The van der Waals surface area contributed by atoms with E-state index < -0.39 is 35.5 Å². The fourth-order valence-electron chi connectivity index (χ4n) is 1.02. The summed E-state index contributed by atoms with van der Waals surface area (Å²) in [7, 11) is 0. The fourth-order valence-corrected chi connectivity index (χ4v) is 1.02. The van der Waals surface area contributed by atoms with Crippen molar-refractivity contribution in [2.24, 2.45) is 0 Å². The van der Waals surface area contributed by atoms with Crippen molar-refractivity contribution in [2.75, 3.05) is 6.61 Å². The van der Waals surface area contributed by atoms with Gasteiger partial charge in [0, 0.05) is 0 Å². The third kappa shape index (κ3) is 8.45. The molecule has 0 aliphatic heterocycles. The van der Waals surface area contributed by atoms with Crippen molar-refractivity contribution in [3.05, 3.63) is 0 Å². The van der Waals surface area contributed by atoms with Gasteiger partial charge < -0.3 is 14.8 Å². The van der Waals surface area contributed by atoms with E-state index in [-0.39, 0.29) is 6.61 Å². The summed E-state index contributed by atoms with van der Waals surface area (Å²) >= 11 is 0. The molecule has 9 heteroatoms. The monoisotopic (exact) mass is 303 g/mol. The minimum absolute atomic E-state index is 0.0385. The first kappa shape index (κ1) is 18.7. The van der Waals surface area contributed by atoms with Crippen LogP contribution in [-0.4, -0.2) is 42.1 Å². The molecule has 3 amide bonds. The third-order valence-corrected chi connectivity index (χ3v) is 1.89. The second kappa shape index (κ2) is 8.08. The van der Waals surface area contributed by atoms with E-state index in [2.05, 4.69) is 10.1 Å². The number of esters is 1. The molecule has 0 spiro atoms. The van der Waals surface area contributed by atoms with Crippen molar-refractivity contribution in [1.82, 2.24) is 16.2 Å². The van der Waals surface area contributed by atoms with Crippen molar-refractivity contribution >= 4 is 23.9 Å². The summed E-state index contributed by atoms with van der Waals surface area (Å²) in [6.07, 6.45) is -0.776. The Kier molecular flexibility index (Phi) is 7.18. The summed E-state index contributed by atoms with van der Waals surface area (Å²) in [6.45, 7) is 7.99. The van der Waals surface area contributed by atoms with Gasteiger partial charge in [0.15, 0.2) is 0 Å². The second-order valence-electron chi connectivity index (χ2n) is 5.03. The first-order chi connectivity index (χ1) is 9.56. The number of amides is 3. The molecule has 1 atom stereocenters. The molecule has 0 heterocycles. The van der Waals surface area contributed by atoms with Gasteiger partial charge in [-0.3, -0.25) is 20.4 Å². The summed E-state index contributed by atoms with van der Waals surface area (Å²) in [5.74, 6) is -2.96. The molecular weight excluding hydrogens is 282 g/mol. The van der Waals surface area contributed by atoms with Crippen molar-refractivity contribution in [3.63, 3.8) is 0 Å². The molecule has 3 N–H and O–H groups in total. The lowest BCUT2D eigenvalue weighted by Gasteiger charge is -2.21. The van der Waals surface area contributed by atoms with Crippen LogP contribution in [0.2, 0.25) is 0 Å². The summed E-state index contributed by atoms with van der Waals surface area (Å²) in [4.78, 5) is 45.2. The minimum Gasteiger partial charge on any atom is -0.459 e. The number of hydrogen-bond donors (Lipinski definition) is 3. The maximum Gasteiger partial charge on any atom is 0.408 e. The highest BCUT2D eigenvalue weighted by Gasteiger charge is 2.22. The Balaban J connectivity index is 4.20. The smallest absolute Gasteiger partial charge is 0.408 e. The lowest BCUT2D eigenvalue weighted by Crippen LogP contribution is -2.53. The standard InChI is InChI=1S/C12H21N3O6/c1-6-20-10(18)9(17)15-14-8(16)7(2)13-11(19)21-12(3,4)5/h7H,6H2,1-5H3,(H,13,19)(H,14,16)(H,15,17). The largest absolute Gasteiger partial charge is 0.459 e. The topological polar surface area (TPSA) is 123 Å². The molecular formula is C12H21N3O6. The number of ether oxygens (including phenoxy) is 2. The van der Waals surface area contributed by atoms with Crippen molar-refractivity contribution < 1.29 is 28.7 Å². The van der Waals surface area contributed by atoms with Gasteiger partial charge in [-0.25, -0.2) is 9.59 Å². The van der Waals surface area contributed by atoms with Gasteiger partial charge in [0.2, 0.25) is 0 Å². The zero-order valence-corrected chi connectivity index (χ0v) is 12.7. The van der Waals surface area contributed by atoms with Crippen LogP contribution in [0.25, 0.3) is 0 Å². The maximum absolute atomic E-state index is 11.6. The van der Waals surface area contributed by atoms with Crippen LogP contribution in [0.1, 0.15) is 34.6 Å². The Bertz CT molecular complexity index is 416. The van der Waals surface area contributed by atoms with Crippen LogP contribution in [0.3, 0.4) is 0 Å². The highest BCUT2D eigenvalue weighted by atomic mass is 16.6. The van der Waals surface area contributed by atoms with Gasteiger partial charge in [0.05, 0.1) is 6.61 Å². The van der Waals surface area contributed by atoms with Gasteiger partial charge in [0.25, 0.3) is 5.91 Å². The molecule has 0 aromatic carbocycles. The Labute approximate surface area is 122 Å². The average Bonchev–Trinajstić information content (AvgIpc) is 2.33. The van der Waals surface area contributed by atoms with E-state index in [0.29, 0.717) is 0 Å². The first-order valence-corrected chi connectivity index (χ1v) is 6.33. The number of alkyl carbamates (subject to hydrolysis) is 1. The molecule has 1 unspecified atom stereocenters. The van der Waals surface area contributed by atoms with Crippen LogP contribution in [0.4, 0.5) is 4.79 Å². The van der Waals surface area contributed by atoms with E-state index in [1.54, 1.807) is 20.8 Å². The number of nitrogens with one attached hydrogen (secondary N) is 3. The highest BCUT2D eigenvalue weighted by molar-refractivity contribution is 6.32. The zero-order valence-electron chi connectivity index (χ0n) is 12.7. The Morgan fingerprint density at radius 1 is 1.10 bits per heavy atom. The lowest BCUT2D eigenvalue weighted by atomic mass is 10.2. The highest BCUT2D eigenvalue weighted by Crippen LogP contribution is 2.06. The van der Waals surface area contributed by atoms with Gasteiger partial charge in [-0.05, 0) is 34.6 Å². The molecule has 9 nitrogen and oxygen atoms in total. The van der Waals surface area contributed by atoms with Gasteiger partial charge in [-0.1, -0.05) is 0 Å². The molecule has 0 radical (unpaired) electrons. The average molecular weight is 303 g/mol. The van der Waals surface area contributed by atoms with Crippen LogP contribution >= 0.6 is 0 Å². The molecule has 21 heavy (non-hydrogen) atoms. The third-order valence-electron chi connectivity index (χ3n) is 1.89. The Morgan fingerprint density at radius 2 is 1.67 bits per heavy atom. The van der Waals surface area contributed by atoms with Crippen molar-refractivity contribution in [1.29, 1.82) is 0 Å². The SMILES string of the molecule is CCOC(=O)C(=O)NNC(=O)C(C)NC(=O)OC(C)(C)C. The predicted molar refractivity (Wildman–Crippen MR) is 71.8 cm³/mol. The number of carbonyl (C=O) groups excluding carboxylic acids is 4. The Hall–Kier alpha value is -2.32. The summed E-state index contributed by atoms with van der Waals surface area (Å²) in [6, 6.07) is -0.970. The maximum atomic E-state index is 11.6. The van der Waals surface area contributed by atoms with Gasteiger partial charge in [-0.15, -0.1) is 0 Å². The van der Waals surface area contributed by atoms with E-state index in [1.165, 1.54) is 13.8 Å². The quantitative estimate of drug-likeness (QED) is 0.371. The van der Waals surface area contributed by atoms with E-state index in [0.717, 1.165) is 0 Å². The second-order valence-corrected chi connectivity index (χ2v) is 5.03. The molecule has 120 valence electrons. The van der Waals surface area contributed by atoms with E-state index in [1.807, 2.05) is 10.9 Å². The van der Waals surface area contributed by atoms with E-state index in [9.17, 15) is 19.2 Å². The van der Waals surface area contributed by atoms with Crippen molar-refractivity contribution in [3.8, 4) is 0 Å². The number of hydrogen-bond acceptors (Lipinski definition) is 6. The Morgan fingerprint density at radius 3 is 2.14 bits per heavy atom. The molecule has 0 saturated carbocycles. The summed E-state index contributed by atoms with van der Waals surface area (Å²) in [5, 5.41) is 2.27. The number of carbonyl (C=O) groups is 4. The van der Waals surface area contributed by atoms with Gasteiger partial charge in [0.1, 0.15) is 11.6 Å². The first-order valence-electron chi connectivity index (χ1n) is 6.33. The van der Waals surface area contributed by atoms with E-state index >= 15 is 0 Å². The number of hydrazine groups is 1. The molecule has 0 aliphatic carbocycles. The van der Waals surface area contributed by atoms with Crippen LogP contribution in [0.5, 0.6) is 0 Å². The van der Waals surface area contributed by atoms with Crippen LogP contribution in [0, 0.1) is 0 Å². The van der Waals surface area contributed by atoms with Gasteiger partial charge in [-0.2, -0.15) is 0 Å². The summed E-state index contributed by atoms with van der Waals surface area (Å²) < 4.78 is 9.39. The number of rotatable bonds is 3. The van der Waals surface area contributed by atoms with Crippen LogP contribution < -0.4 is 16.2 Å². The van der Waals surface area contributed by atoms with Gasteiger partial charge >= 0.3 is 18.0 Å². The minimum atomic E-state index is -1.12. The predicted octanol–water partition coefficient (Wildman–Crippen LogP) is -0.390. The normalized spacial score (nSPS) is 11.9. The molecule has 0 bridgehead atoms. The molecule has 0 rings (SSSR count).